The van der Waals surface area contributed by atoms with Crippen molar-refractivity contribution in [1.29, 1.82) is 0 Å². The van der Waals surface area contributed by atoms with E-state index in [1.165, 1.54) is 0 Å². The first kappa shape index (κ1) is 17.0. The van der Waals surface area contributed by atoms with Gasteiger partial charge in [0.1, 0.15) is 5.82 Å². The van der Waals surface area contributed by atoms with E-state index in [1.807, 2.05) is 12.1 Å². The predicted octanol–water partition coefficient (Wildman–Crippen LogP) is 1.31. The fraction of sp³-hybridized carbons (Fsp3) is 0.500. The van der Waals surface area contributed by atoms with Gasteiger partial charge in [0.25, 0.3) is 0 Å². The van der Waals surface area contributed by atoms with Gasteiger partial charge >= 0.3 is 0 Å². The lowest BCUT2D eigenvalue weighted by Crippen LogP contribution is -2.52. The van der Waals surface area contributed by atoms with Crippen LogP contribution in [0.2, 0.25) is 0 Å². The van der Waals surface area contributed by atoms with E-state index in [-0.39, 0.29) is 18.0 Å². The number of nitrogens with one attached hydrogen (secondary N) is 1. The fourth-order valence-electron chi connectivity index (χ4n) is 3.76. The maximum Gasteiger partial charge on any atom is 0.245 e. The predicted molar refractivity (Wildman–Crippen MR) is 96.1 cm³/mol. The molecule has 2 atom stereocenters. The van der Waals surface area contributed by atoms with E-state index in [4.69, 9.17) is 9.47 Å². The number of aromatic amines is 1. The van der Waals surface area contributed by atoms with E-state index < -0.39 is 0 Å². The molecule has 2 aromatic heterocycles. The van der Waals surface area contributed by atoms with Crippen LogP contribution in [0, 0.1) is 0 Å². The summed E-state index contributed by atoms with van der Waals surface area (Å²) in [4.78, 5) is 21.6. The summed E-state index contributed by atoms with van der Waals surface area (Å²) in [6.07, 6.45) is 4.31. The summed E-state index contributed by atoms with van der Waals surface area (Å²) >= 11 is 0. The molecule has 0 bridgehead atoms. The molecule has 0 saturated carbocycles. The van der Waals surface area contributed by atoms with Gasteiger partial charge in [0.05, 0.1) is 32.6 Å². The minimum Gasteiger partial charge on any atom is -0.480 e. The molecule has 2 fully saturated rings. The molecule has 26 heavy (non-hydrogen) atoms. The second kappa shape index (κ2) is 7.05. The van der Waals surface area contributed by atoms with Crippen LogP contribution in [0.25, 0.3) is 11.1 Å². The number of morpholine rings is 1. The molecule has 1 N–H and O–H groups in total. The van der Waals surface area contributed by atoms with Crippen molar-refractivity contribution in [2.45, 2.75) is 25.4 Å². The Morgan fingerprint density at radius 2 is 2.23 bits per heavy atom. The first-order valence-corrected chi connectivity index (χ1v) is 8.88. The van der Waals surface area contributed by atoms with Crippen LogP contribution in [-0.2, 0) is 9.53 Å². The van der Waals surface area contributed by atoms with Crippen LogP contribution in [0.3, 0.4) is 0 Å². The van der Waals surface area contributed by atoms with Gasteiger partial charge in [-0.15, -0.1) is 0 Å². The molecule has 8 heteroatoms. The van der Waals surface area contributed by atoms with E-state index in [0.717, 1.165) is 24.1 Å². The highest BCUT2D eigenvalue weighted by molar-refractivity contribution is 5.99. The summed E-state index contributed by atoms with van der Waals surface area (Å²) < 4.78 is 10.9. The molecule has 0 aromatic carbocycles. The number of nitrogens with zero attached hydrogens (tertiary/aromatic N) is 4. The zero-order chi connectivity index (χ0) is 18.1. The van der Waals surface area contributed by atoms with Crippen LogP contribution in [0.4, 0.5) is 5.82 Å². The Hall–Kier alpha value is -2.45. The lowest BCUT2D eigenvalue weighted by atomic mass is 10.1. The molecule has 0 spiro atoms. The van der Waals surface area contributed by atoms with Gasteiger partial charge in [0.15, 0.2) is 0 Å². The molecule has 2 aliphatic rings. The summed E-state index contributed by atoms with van der Waals surface area (Å²) in [5, 5.41) is 6.76. The van der Waals surface area contributed by atoms with Crippen molar-refractivity contribution >= 4 is 11.7 Å². The molecule has 2 saturated heterocycles. The van der Waals surface area contributed by atoms with Crippen LogP contribution >= 0.6 is 0 Å². The molecule has 2 unspecified atom stereocenters. The van der Waals surface area contributed by atoms with Gasteiger partial charge in [-0.2, -0.15) is 10.1 Å². The Bertz CT molecular complexity index is 779. The molecule has 1 amide bonds. The number of ether oxygens (including phenoxy) is 2. The summed E-state index contributed by atoms with van der Waals surface area (Å²) in [6, 6.07) is 3.94. The van der Waals surface area contributed by atoms with E-state index >= 15 is 0 Å². The first-order valence-electron chi connectivity index (χ1n) is 8.88. The Kier molecular flexibility index (Phi) is 4.60. The van der Waals surface area contributed by atoms with Gasteiger partial charge in [-0.1, -0.05) is 0 Å². The van der Waals surface area contributed by atoms with Crippen LogP contribution < -0.4 is 9.64 Å². The molecular formula is C18H23N5O3. The number of methoxy groups -OCH3 is 1. The SMILES string of the molecule is COc1nc(N2CCC(N3CCOCC3C)C2=O)ccc1-c1cn[nH]c1. The number of hydrogen-bond acceptors (Lipinski definition) is 6. The van der Waals surface area contributed by atoms with Gasteiger partial charge in [-0.05, 0) is 25.5 Å². The second-order valence-corrected chi connectivity index (χ2v) is 6.67. The fourth-order valence-corrected chi connectivity index (χ4v) is 3.76. The topological polar surface area (TPSA) is 83.6 Å². The molecule has 0 radical (unpaired) electrons. The number of H-pyrrole nitrogens is 1. The zero-order valence-corrected chi connectivity index (χ0v) is 15.0. The summed E-state index contributed by atoms with van der Waals surface area (Å²) in [5.41, 5.74) is 1.74. The zero-order valence-electron chi connectivity index (χ0n) is 15.0. The van der Waals surface area contributed by atoms with Crippen molar-refractivity contribution in [3.05, 3.63) is 24.5 Å². The largest absolute Gasteiger partial charge is 0.480 e. The van der Waals surface area contributed by atoms with Crippen molar-refractivity contribution < 1.29 is 14.3 Å². The Labute approximate surface area is 152 Å². The van der Waals surface area contributed by atoms with Crippen molar-refractivity contribution in [1.82, 2.24) is 20.1 Å². The Morgan fingerprint density at radius 3 is 2.96 bits per heavy atom. The van der Waals surface area contributed by atoms with Crippen LogP contribution in [0.5, 0.6) is 5.88 Å². The lowest BCUT2D eigenvalue weighted by molar-refractivity contribution is -0.125. The minimum atomic E-state index is -0.102. The van der Waals surface area contributed by atoms with Gasteiger partial charge in [0, 0.05) is 36.5 Å². The van der Waals surface area contributed by atoms with Gasteiger partial charge in [-0.25, -0.2) is 0 Å². The maximum absolute atomic E-state index is 13.0. The number of carbonyl (C=O) groups is 1. The standard InChI is InChI=1S/C18H23N5O3/c1-12-11-26-8-7-22(12)15-5-6-23(18(15)24)16-4-3-14(17(21-16)25-2)13-9-19-20-10-13/h3-4,9-10,12,15H,5-8,11H2,1-2H3,(H,19,20). The third-order valence-corrected chi connectivity index (χ3v) is 5.12. The van der Waals surface area contributed by atoms with Crippen LogP contribution in [-0.4, -0.2) is 71.5 Å². The van der Waals surface area contributed by atoms with E-state index in [0.29, 0.717) is 31.5 Å². The molecule has 138 valence electrons. The average molecular weight is 357 g/mol. The minimum absolute atomic E-state index is 0.101. The lowest BCUT2D eigenvalue weighted by Gasteiger charge is -2.36. The normalized spacial score (nSPS) is 24.2. The first-order chi connectivity index (χ1) is 12.7. The highest BCUT2D eigenvalue weighted by Crippen LogP contribution is 2.32. The van der Waals surface area contributed by atoms with Crippen molar-refractivity contribution in [2.24, 2.45) is 0 Å². The second-order valence-electron chi connectivity index (χ2n) is 6.67. The van der Waals surface area contributed by atoms with E-state index in [2.05, 4.69) is 27.0 Å². The van der Waals surface area contributed by atoms with E-state index in [1.54, 1.807) is 24.4 Å². The Morgan fingerprint density at radius 1 is 1.35 bits per heavy atom. The number of anilines is 1. The monoisotopic (exact) mass is 357 g/mol. The molecule has 2 aromatic rings. The summed E-state index contributed by atoms with van der Waals surface area (Å²) in [7, 11) is 1.58. The molecule has 2 aliphatic heterocycles. The van der Waals surface area contributed by atoms with Gasteiger partial charge < -0.3 is 9.47 Å². The maximum atomic E-state index is 13.0. The highest BCUT2D eigenvalue weighted by Gasteiger charge is 2.40. The van der Waals surface area contributed by atoms with Crippen molar-refractivity contribution in [3.63, 3.8) is 0 Å². The average Bonchev–Trinajstić information content (AvgIpc) is 3.32. The number of pyridine rings is 1. The van der Waals surface area contributed by atoms with Gasteiger partial charge in [0.2, 0.25) is 11.8 Å². The number of aromatic nitrogens is 3. The van der Waals surface area contributed by atoms with Crippen LogP contribution in [0.1, 0.15) is 13.3 Å². The summed E-state index contributed by atoms with van der Waals surface area (Å²) in [5.74, 6) is 1.21. The van der Waals surface area contributed by atoms with Crippen LogP contribution in [0.15, 0.2) is 24.5 Å². The molecule has 4 heterocycles. The number of amides is 1. The van der Waals surface area contributed by atoms with E-state index in [9.17, 15) is 4.79 Å². The number of rotatable bonds is 4. The molecular weight excluding hydrogens is 334 g/mol. The van der Waals surface area contributed by atoms with Crippen molar-refractivity contribution in [3.8, 4) is 17.0 Å². The third-order valence-electron chi connectivity index (χ3n) is 5.12. The number of carbonyl (C=O) groups excluding carboxylic acids is 1. The molecule has 8 nitrogen and oxygen atoms in total. The summed E-state index contributed by atoms with van der Waals surface area (Å²) in [6.45, 7) is 4.92. The molecule has 0 aliphatic carbocycles. The molecule has 4 rings (SSSR count). The Balaban J connectivity index is 1.57. The smallest absolute Gasteiger partial charge is 0.245 e. The van der Waals surface area contributed by atoms with Gasteiger partial charge in [-0.3, -0.25) is 19.7 Å². The quantitative estimate of drug-likeness (QED) is 0.888. The third kappa shape index (κ3) is 2.95. The highest BCUT2D eigenvalue weighted by atomic mass is 16.5. The van der Waals surface area contributed by atoms with Crippen molar-refractivity contribution in [2.75, 3.05) is 38.3 Å². The number of hydrogen-bond donors (Lipinski definition) is 1.